The number of carbonyl (C=O) groups excluding carboxylic acids is 1. The molecular formula is C18H12BrFOS. The Kier molecular flexibility index (Phi) is 4.23. The van der Waals surface area contributed by atoms with E-state index in [0.29, 0.717) is 10.4 Å². The van der Waals surface area contributed by atoms with Crippen molar-refractivity contribution in [2.24, 2.45) is 0 Å². The van der Waals surface area contributed by atoms with Gasteiger partial charge >= 0.3 is 0 Å². The lowest BCUT2D eigenvalue weighted by Gasteiger charge is -2.04. The van der Waals surface area contributed by atoms with Gasteiger partial charge in [-0.2, -0.15) is 0 Å². The van der Waals surface area contributed by atoms with Crippen molar-refractivity contribution in [1.29, 1.82) is 0 Å². The Morgan fingerprint density at radius 1 is 1.05 bits per heavy atom. The van der Waals surface area contributed by atoms with Crippen molar-refractivity contribution in [1.82, 2.24) is 0 Å². The minimum atomic E-state index is -0.263. The summed E-state index contributed by atoms with van der Waals surface area (Å²) in [6, 6.07) is 15.7. The van der Waals surface area contributed by atoms with E-state index < -0.39 is 0 Å². The fourth-order valence-corrected chi connectivity index (χ4v) is 3.53. The van der Waals surface area contributed by atoms with Crippen LogP contribution in [0.25, 0.3) is 10.4 Å². The van der Waals surface area contributed by atoms with Crippen LogP contribution < -0.4 is 0 Å². The molecule has 4 heteroatoms. The first-order valence-electron chi connectivity index (χ1n) is 6.71. The average Bonchev–Trinajstić information content (AvgIpc) is 2.99. The minimum Gasteiger partial charge on any atom is -0.288 e. The SMILES string of the molecule is Cc1ccc(Br)cc1C(=O)c1ccc(-c2ccc(F)cc2)s1. The van der Waals surface area contributed by atoms with E-state index in [1.807, 2.05) is 37.3 Å². The molecule has 0 spiro atoms. The van der Waals surface area contributed by atoms with Crippen molar-refractivity contribution in [2.75, 3.05) is 0 Å². The lowest BCUT2D eigenvalue weighted by Crippen LogP contribution is -2.01. The maximum Gasteiger partial charge on any atom is 0.203 e. The second-order valence-corrected chi connectivity index (χ2v) is 6.96. The van der Waals surface area contributed by atoms with Gasteiger partial charge in [-0.3, -0.25) is 4.79 Å². The van der Waals surface area contributed by atoms with Gasteiger partial charge in [0.25, 0.3) is 0 Å². The molecule has 0 fully saturated rings. The number of benzene rings is 2. The van der Waals surface area contributed by atoms with Crippen LogP contribution in [0.1, 0.15) is 20.8 Å². The summed E-state index contributed by atoms with van der Waals surface area (Å²) < 4.78 is 13.9. The maximum atomic E-state index is 13.0. The van der Waals surface area contributed by atoms with Gasteiger partial charge < -0.3 is 0 Å². The van der Waals surface area contributed by atoms with Crippen LogP contribution in [0.4, 0.5) is 4.39 Å². The predicted octanol–water partition coefficient (Wildman–Crippen LogP) is 5.86. The summed E-state index contributed by atoms with van der Waals surface area (Å²) in [5.41, 5.74) is 2.56. The molecule has 1 heterocycles. The van der Waals surface area contributed by atoms with Crippen molar-refractivity contribution >= 4 is 33.0 Å². The fourth-order valence-electron chi connectivity index (χ4n) is 2.20. The lowest BCUT2D eigenvalue weighted by molar-refractivity contribution is 0.104. The highest BCUT2D eigenvalue weighted by molar-refractivity contribution is 9.10. The number of halogens is 2. The zero-order valence-electron chi connectivity index (χ0n) is 11.8. The molecule has 0 saturated carbocycles. The molecular weight excluding hydrogens is 363 g/mol. The van der Waals surface area contributed by atoms with Crippen LogP contribution in [0.3, 0.4) is 0 Å². The third-order valence-corrected chi connectivity index (χ3v) is 5.03. The van der Waals surface area contributed by atoms with E-state index >= 15 is 0 Å². The van der Waals surface area contributed by atoms with Gasteiger partial charge in [0.15, 0.2) is 0 Å². The number of carbonyl (C=O) groups is 1. The van der Waals surface area contributed by atoms with E-state index in [4.69, 9.17) is 0 Å². The van der Waals surface area contributed by atoms with Gasteiger partial charge in [-0.05, 0) is 54.4 Å². The molecule has 0 amide bonds. The second-order valence-electron chi connectivity index (χ2n) is 4.96. The van der Waals surface area contributed by atoms with E-state index in [1.54, 1.807) is 12.1 Å². The van der Waals surface area contributed by atoms with Crippen LogP contribution in [0.15, 0.2) is 59.1 Å². The molecule has 3 aromatic rings. The largest absolute Gasteiger partial charge is 0.288 e. The summed E-state index contributed by atoms with van der Waals surface area (Å²) in [5, 5.41) is 0. The molecule has 0 unspecified atom stereocenters. The van der Waals surface area contributed by atoms with Crippen LogP contribution in [0, 0.1) is 12.7 Å². The third kappa shape index (κ3) is 3.03. The zero-order chi connectivity index (χ0) is 15.7. The van der Waals surface area contributed by atoms with E-state index in [1.165, 1.54) is 23.5 Å². The number of hydrogen-bond donors (Lipinski definition) is 0. The van der Waals surface area contributed by atoms with Gasteiger partial charge in [0, 0.05) is 14.9 Å². The number of rotatable bonds is 3. The molecule has 1 aromatic heterocycles. The van der Waals surface area contributed by atoms with Crippen LogP contribution >= 0.6 is 27.3 Å². The Labute approximate surface area is 140 Å². The predicted molar refractivity (Wildman–Crippen MR) is 92.0 cm³/mol. The smallest absolute Gasteiger partial charge is 0.203 e. The summed E-state index contributed by atoms with van der Waals surface area (Å²) >= 11 is 4.82. The molecule has 1 nitrogen and oxygen atoms in total. The van der Waals surface area contributed by atoms with Crippen molar-refractivity contribution in [3.8, 4) is 10.4 Å². The Morgan fingerprint density at radius 2 is 1.77 bits per heavy atom. The Bertz CT molecular complexity index is 837. The molecule has 2 aromatic carbocycles. The summed E-state index contributed by atoms with van der Waals surface area (Å²) in [7, 11) is 0. The summed E-state index contributed by atoms with van der Waals surface area (Å²) in [5.74, 6) is -0.251. The van der Waals surface area contributed by atoms with Gasteiger partial charge in [0.2, 0.25) is 5.78 Å². The maximum absolute atomic E-state index is 13.0. The van der Waals surface area contributed by atoms with Gasteiger partial charge in [-0.15, -0.1) is 11.3 Å². The Hall–Kier alpha value is -1.78. The van der Waals surface area contributed by atoms with Crippen molar-refractivity contribution < 1.29 is 9.18 Å². The first-order chi connectivity index (χ1) is 10.5. The average molecular weight is 375 g/mol. The standard InChI is InChI=1S/C18H12BrFOS/c1-11-2-5-13(19)10-15(11)18(21)17-9-8-16(22-17)12-3-6-14(20)7-4-12/h2-10H,1H3. The van der Waals surface area contributed by atoms with Gasteiger partial charge in [0.1, 0.15) is 5.82 Å². The van der Waals surface area contributed by atoms with Gasteiger partial charge in [0.05, 0.1) is 4.88 Å². The number of thiophene rings is 1. The molecule has 0 saturated heterocycles. The van der Waals surface area contributed by atoms with Crippen molar-refractivity contribution in [2.45, 2.75) is 6.92 Å². The molecule has 3 rings (SSSR count). The number of aryl methyl sites for hydroxylation is 1. The molecule has 0 bridgehead atoms. The molecule has 0 radical (unpaired) electrons. The van der Waals surface area contributed by atoms with Crippen LogP contribution in [0.2, 0.25) is 0 Å². The highest BCUT2D eigenvalue weighted by atomic mass is 79.9. The molecule has 0 N–H and O–H groups in total. The van der Waals surface area contributed by atoms with Crippen LogP contribution in [-0.2, 0) is 0 Å². The summed E-state index contributed by atoms with van der Waals surface area (Å²) in [4.78, 5) is 14.3. The van der Waals surface area contributed by atoms with Gasteiger partial charge in [-0.25, -0.2) is 4.39 Å². The van der Waals surface area contributed by atoms with E-state index in [-0.39, 0.29) is 11.6 Å². The van der Waals surface area contributed by atoms with E-state index in [2.05, 4.69) is 15.9 Å². The Balaban J connectivity index is 1.95. The monoisotopic (exact) mass is 374 g/mol. The number of ketones is 1. The molecule has 0 atom stereocenters. The molecule has 22 heavy (non-hydrogen) atoms. The lowest BCUT2D eigenvalue weighted by atomic mass is 10.0. The van der Waals surface area contributed by atoms with Gasteiger partial charge in [-0.1, -0.05) is 34.1 Å². The minimum absolute atomic E-state index is 0.0113. The highest BCUT2D eigenvalue weighted by Crippen LogP contribution is 2.30. The fraction of sp³-hybridized carbons (Fsp3) is 0.0556. The van der Waals surface area contributed by atoms with E-state index in [0.717, 1.165) is 20.5 Å². The summed E-state index contributed by atoms with van der Waals surface area (Å²) in [6.45, 7) is 1.92. The zero-order valence-corrected chi connectivity index (χ0v) is 14.2. The summed E-state index contributed by atoms with van der Waals surface area (Å²) in [6.07, 6.45) is 0. The molecule has 0 aliphatic carbocycles. The van der Waals surface area contributed by atoms with Crippen molar-refractivity contribution in [3.63, 3.8) is 0 Å². The molecule has 110 valence electrons. The van der Waals surface area contributed by atoms with Crippen molar-refractivity contribution in [3.05, 3.63) is 80.9 Å². The first-order valence-corrected chi connectivity index (χ1v) is 8.32. The first kappa shape index (κ1) is 15.1. The second kappa shape index (κ2) is 6.15. The highest BCUT2D eigenvalue weighted by Gasteiger charge is 2.15. The van der Waals surface area contributed by atoms with E-state index in [9.17, 15) is 9.18 Å². The van der Waals surface area contributed by atoms with Crippen LogP contribution in [-0.4, -0.2) is 5.78 Å². The quantitative estimate of drug-likeness (QED) is 0.525. The normalized spacial score (nSPS) is 10.7. The third-order valence-electron chi connectivity index (χ3n) is 3.40. The topological polar surface area (TPSA) is 17.1 Å². The molecule has 0 aliphatic heterocycles. The van der Waals surface area contributed by atoms with Crippen LogP contribution in [0.5, 0.6) is 0 Å². The Morgan fingerprint density at radius 3 is 2.50 bits per heavy atom. The number of hydrogen-bond acceptors (Lipinski definition) is 2. The molecule has 0 aliphatic rings.